The summed E-state index contributed by atoms with van der Waals surface area (Å²) in [6, 6.07) is 2.84. The van der Waals surface area contributed by atoms with E-state index in [9.17, 15) is 10.2 Å². The largest absolute Gasteiger partial charge is 0.508 e. The van der Waals surface area contributed by atoms with Gasteiger partial charge in [-0.2, -0.15) is 0 Å². The SMILES string of the molecule is CC1=C(/C=C/C(C)=C/C=C/C2(C)C=Cc3c(O)cc(O)cc3O2)C(C)(C)CCC1. The van der Waals surface area contributed by atoms with E-state index in [1.54, 1.807) is 0 Å². The van der Waals surface area contributed by atoms with Crippen LogP contribution in [-0.2, 0) is 0 Å². The lowest BCUT2D eigenvalue weighted by molar-refractivity contribution is 0.187. The van der Waals surface area contributed by atoms with E-state index in [2.05, 4.69) is 45.9 Å². The Hall–Kier alpha value is -2.68. The number of rotatable bonds is 4. The van der Waals surface area contributed by atoms with E-state index in [1.807, 2.05) is 31.2 Å². The van der Waals surface area contributed by atoms with Crippen molar-refractivity contribution in [1.82, 2.24) is 0 Å². The quantitative estimate of drug-likeness (QED) is 0.551. The third kappa shape index (κ3) is 4.84. The first-order valence-corrected chi connectivity index (χ1v) is 10.3. The minimum Gasteiger partial charge on any atom is -0.508 e. The van der Waals surface area contributed by atoms with Gasteiger partial charge in [-0.25, -0.2) is 0 Å². The lowest BCUT2D eigenvalue weighted by Crippen LogP contribution is -2.29. The summed E-state index contributed by atoms with van der Waals surface area (Å²) in [7, 11) is 0. The Kier molecular flexibility index (Phi) is 5.79. The van der Waals surface area contributed by atoms with Crippen molar-refractivity contribution in [3.63, 3.8) is 0 Å². The van der Waals surface area contributed by atoms with Gasteiger partial charge >= 0.3 is 0 Å². The number of allylic oxidation sites excluding steroid dienone is 7. The fourth-order valence-electron chi connectivity index (χ4n) is 4.13. The number of fused-ring (bicyclic) bond motifs is 1. The van der Waals surface area contributed by atoms with Crippen LogP contribution in [0, 0.1) is 5.41 Å². The lowest BCUT2D eigenvalue weighted by atomic mass is 9.72. The minimum atomic E-state index is -0.641. The van der Waals surface area contributed by atoms with E-state index in [4.69, 9.17) is 4.74 Å². The third-order valence-electron chi connectivity index (χ3n) is 5.86. The van der Waals surface area contributed by atoms with Crippen molar-refractivity contribution >= 4 is 6.08 Å². The van der Waals surface area contributed by atoms with Gasteiger partial charge in [-0.3, -0.25) is 0 Å². The first-order chi connectivity index (χ1) is 13.6. The summed E-state index contributed by atoms with van der Waals surface area (Å²) in [6.45, 7) is 10.9. The average molecular weight is 393 g/mol. The van der Waals surface area contributed by atoms with Gasteiger partial charge in [0.1, 0.15) is 22.8 Å². The Bertz CT molecular complexity index is 941. The van der Waals surface area contributed by atoms with Gasteiger partial charge in [-0.05, 0) is 69.2 Å². The van der Waals surface area contributed by atoms with Gasteiger partial charge in [0.25, 0.3) is 0 Å². The average Bonchev–Trinajstić information content (AvgIpc) is 2.60. The van der Waals surface area contributed by atoms with Crippen LogP contribution in [0.25, 0.3) is 6.08 Å². The summed E-state index contributed by atoms with van der Waals surface area (Å²) in [5, 5.41) is 19.7. The molecule has 3 heteroatoms. The fourth-order valence-corrected chi connectivity index (χ4v) is 4.13. The molecule has 3 nitrogen and oxygen atoms in total. The zero-order chi connectivity index (χ0) is 21.2. The first-order valence-electron chi connectivity index (χ1n) is 10.3. The maximum Gasteiger partial charge on any atom is 0.143 e. The zero-order valence-corrected chi connectivity index (χ0v) is 18.1. The highest BCUT2D eigenvalue weighted by molar-refractivity contribution is 5.69. The molecule has 0 saturated heterocycles. The second kappa shape index (κ2) is 7.98. The van der Waals surface area contributed by atoms with Crippen LogP contribution in [0.15, 0.2) is 65.3 Å². The second-order valence-electron chi connectivity index (χ2n) is 9.03. The minimum absolute atomic E-state index is 0.0124. The van der Waals surface area contributed by atoms with E-state index in [0.717, 1.165) is 0 Å². The van der Waals surface area contributed by atoms with Gasteiger partial charge in [0, 0.05) is 12.1 Å². The van der Waals surface area contributed by atoms with Gasteiger partial charge in [0.2, 0.25) is 0 Å². The summed E-state index contributed by atoms with van der Waals surface area (Å²) in [5.41, 5.74) is 4.32. The summed E-state index contributed by atoms with van der Waals surface area (Å²) in [4.78, 5) is 0. The van der Waals surface area contributed by atoms with Crippen LogP contribution in [-0.4, -0.2) is 15.8 Å². The number of hydrogen-bond acceptors (Lipinski definition) is 3. The highest BCUT2D eigenvalue weighted by Gasteiger charge is 2.27. The van der Waals surface area contributed by atoms with E-state index in [-0.39, 0.29) is 16.9 Å². The molecule has 1 aromatic rings. The van der Waals surface area contributed by atoms with Crippen LogP contribution < -0.4 is 4.74 Å². The summed E-state index contributed by atoms with van der Waals surface area (Å²) >= 11 is 0. The van der Waals surface area contributed by atoms with Crippen LogP contribution in [0.1, 0.15) is 59.4 Å². The summed E-state index contributed by atoms with van der Waals surface area (Å²) in [5.74, 6) is 0.470. The number of benzene rings is 1. The molecule has 154 valence electrons. The molecule has 1 aliphatic heterocycles. The highest BCUT2D eigenvalue weighted by Crippen LogP contribution is 2.41. The Morgan fingerprint density at radius 1 is 1.17 bits per heavy atom. The number of phenolic OH excluding ortho intramolecular Hbond substituents is 2. The Labute approximate surface area is 174 Å². The molecule has 2 N–H and O–H groups in total. The van der Waals surface area contributed by atoms with Crippen LogP contribution in [0.3, 0.4) is 0 Å². The molecule has 2 aliphatic rings. The first kappa shape index (κ1) is 21.0. The van der Waals surface area contributed by atoms with Crippen molar-refractivity contribution < 1.29 is 14.9 Å². The van der Waals surface area contributed by atoms with E-state index >= 15 is 0 Å². The normalized spacial score (nSPS) is 24.2. The van der Waals surface area contributed by atoms with E-state index in [1.165, 1.54) is 48.1 Å². The van der Waals surface area contributed by atoms with Gasteiger partial charge < -0.3 is 14.9 Å². The topological polar surface area (TPSA) is 49.7 Å². The molecule has 1 aliphatic carbocycles. The number of phenols is 2. The number of aromatic hydroxyl groups is 2. The fraction of sp³-hybridized carbons (Fsp3) is 0.385. The predicted octanol–water partition coefficient (Wildman–Crippen LogP) is 6.85. The van der Waals surface area contributed by atoms with E-state index in [0.29, 0.717) is 11.3 Å². The molecular weight excluding hydrogens is 360 g/mol. The Morgan fingerprint density at radius 3 is 2.66 bits per heavy atom. The molecule has 0 radical (unpaired) electrons. The molecule has 29 heavy (non-hydrogen) atoms. The molecule has 0 bridgehead atoms. The molecule has 1 aromatic carbocycles. The Morgan fingerprint density at radius 2 is 1.93 bits per heavy atom. The van der Waals surface area contributed by atoms with Crippen molar-refractivity contribution in [2.24, 2.45) is 5.41 Å². The van der Waals surface area contributed by atoms with Crippen molar-refractivity contribution in [2.45, 2.75) is 59.5 Å². The van der Waals surface area contributed by atoms with Crippen LogP contribution in [0.5, 0.6) is 17.2 Å². The van der Waals surface area contributed by atoms with Crippen LogP contribution in [0.4, 0.5) is 0 Å². The number of ether oxygens (including phenoxy) is 1. The maximum absolute atomic E-state index is 9.95. The van der Waals surface area contributed by atoms with Crippen LogP contribution >= 0.6 is 0 Å². The molecule has 1 unspecified atom stereocenters. The molecule has 0 aromatic heterocycles. The molecule has 1 atom stereocenters. The highest BCUT2D eigenvalue weighted by atomic mass is 16.5. The van der Waals surface area contributed by atoms with Gasteiger partial charge in [0.05, 0.1) is 5.56 Å². The standard InChI is InChI=1S/C26H32O3/c1-18(10-11-22-19(2)9-7-13-25(22,3)4)8-6-14-26(5)15-12-21-23(28)16-20(27)17-24(21)29-26/h6,8,10-12,14-17,27-28H,7,9,13H2,1-5H3/b11-10+,14-6+,18-8+. The molecule has 3 rings (SSSR count). The maximum atomic E-state index is 9.95. The molecular formula is C26H32O3. The number of hydrogen-bond donors (Lipinski definition) is 2. The Balaban J connectivity index is 1.72. The van der Waals surface area contributed by atoms with E-state index < -0.39 is 5.60 Å². The smallest absolute Gasteiger partial charge is 0.143 e. The molecule has 0 spiro atoms. The summed E-state index contributed by atoms with van der Waals surface area (Å²) in [6.07, 6.45) is 17.9. The van der Waals surface area contributed by atoms with Gasteiger partial charge in [-0.15, -0.1) is 0 Å². The molecule has 1 heterocycles. The molecule has 0 fully saturated rings. The summed E-state index contributed by atoms with van der Waals surface area (Å²) < 4.78 is 6.01. The lowest BCUT2D eigenvalue weighted by Gasteiger charge is -2.32. The van der Waals surface area contributed by atoms with Gasteiger partial charge in [-0.1, -0.05) is 49.3 Å². The molecule has 0 saturated carbocycles. The van der Waals surface area contributed by atoms with Gasteiger partial charge in [0.15, 0.2) is 0 Å². The third-order valence-corrected chi connectivity index (χ3v) is 5.86. The molecule has 0 amide bonds. The van der Waals surface area contributed by atoms with Crippen molar-refractivity contribution in [2.75, 3.05) is 0 Å². The van der Waals surface area contributed by atoms with Crippen molar-refractivity contribution in [3.8, 4) is 17.2 Å². The van der Waals surface area contributed by atoms with Crippen LogP contribution in [0.2, 0.25) is 0 Å². The predicted molar refractivity (Wildman–Crippen MR) is 120 cm³/mol. The zero-order valence-electron chi connectivity index (χ0n) is 18.1. The van der Waals surface area contributed by atoms with Crippen molar-refractivity contribution in [3.05, 3.63) is 70.9 Å². The monoisotopic (exact) mass is 392 g/mol. The second-order valence-corrected chi connectivity index (χ2v) is 9.03. The van der Waals surface area contributed by atoms with Crippen molar-refractivity contribution in [1.29, 1.82) is 0 Å².